The summed E-state index contributed by atoms with van der Waals surface area (Å²) in [6.45, 7) is 3.15. The first kappa shape index (κ1) is 20.8. The fraction of sp³-hybridized carbons (Fsp3) is 0.227. The number of carbonyl (C=O) groups is 1. The molecule has 0 N–H and O–H groups in total. The summed E-state index contributed by atoms with van der Waals surface area (Å²) in [6, 6.07) is 12.0. The highest BCUT2D eigenvalue weighted by Gasteiger charge is 2.24. The van der Waals surface area contributed by atoms with Gasteiger partial charge in [-0.05, 0) is 30.5 Å². The Balaban J connectivity index is 1.44. The first-order valence-electron chi connectivity index (χ1n) is 9.88. The van der Waals surface area contributed by atoms with Crippen molar-refractivity contribution in [2.45, 2.75) is 23.5 Å². The summed E-state index contributed by atoms with van der Waals surface area (Å²) in [5, 5.41) is 5.30. The van der Waals surface area contributed by atoms with Gasteiger partial charge in [0.15, 0.2) is 5.16 Å². The molecule has 0 atom stereocenters. The first-order valence-corrected chi connectivity index (χ1v) is 13.6. The van der Waals surface area contributed by atoms with Crippen LogP contribution in [0, 0.1) is 0 Å². The number of fused-ring (bicyclic) bond motifs is 2. The lowest BCUT2D eigenvalue weighted by molar-refractivity contribution is -0.116. The molecule has 3 aromatic heterocycles. The molecular formula is C22H19N3O2S4. The van der Waals surface area contributed by atoms with Gasteiger partial charge in [0, 0.05) is 39.6 Å². The fourth-order valence-corrected chi connectivity index (χ4v) is 7.38. The molecule has 1 aliphatic heterocycles. The summed E-state index contributed by atoms with van der Waals surface area (Å²) in [4.78, 5) is 35.9. The monoisotopic (exact) mass is 485 g/mol. The van der Waals surface area contributed by atoms with E-state index in [0.717, 1.165) is 31.6 Å². The lowest BCUT2D eigenvalue weighted by atomic mass is 10.2. The molecule has 0 saturated carbocycles. The molecule has 4 aromatic rings. The second-order valence-corrected chi connectivity index (χ2v) is 10.8. The number of amides is 1. The standard InChI is InChI=1S/C22H19N3O2S4/c1-2-24-21(27)19-14(16-8-5-10-28-16)12-30-20(19)23-22(24)31-13-18(26)25-9-11-29-17-7-4-3-6-15(17)25/h3-8,10,12H,2,9,11,13H2,1H3. The molecule has 158 valence electrons. The Labute approximate surface area is 196 Å². The summed E-state index contributed by atoms with van der Waals surface area (Å²) in [5.41, 5.74) is 1.89. The number of nitrogens with zero attached hydrogens (tertiary/aromatic N) is 3. The van der Waals surface area contributed by atoms with Gasteiger partial charge < -0.3 is 4.90 Å². The molecule has 5 nitrogen and oxygen atoms in total. The van der Waals surface area contributed by atoms with Crippen LogP contribution in [0.15, 0.2) is 62.0 Å². The van der Waals surface area contributed by atoms with Crippen molar-refractivity contribution < 1.29 is 4.79 Å². The number of carbonyl (C=O) groups excluding carboxylic acids is 1. The van der Waals surface area contributed by atoms with Crippen molar-refractivity contribution in [2.24, 2.45) is 0 Å². The third kappa shape index (κ3) is 3.84. The highest BCUT2D eigenvalue weighted by atomic mass is 32.2. The van der Waals surface area contributed by atoms with E-state index in [9.17, 15) is 9.59 Å². The van der Waals surface area contributed by atoms with Crippen molar-refractivity contribution in [1.82, 2.24) is 9.55 Å². The number of hydrogen-bond acceptors (Lipinski definition) is 7. The van der Waals surface area contributed by atoms with Crippen molar-refractivity contribution in [3.63, 3.8) is 0 Å². The van der Waals surface area contributed by atoms with Crippen LogP contribution in [0.3, 0.4) is 0 Å². The Kier molecular flexibility index (Phi) is 5.92. The second kappa shape index (κ2) is 8.82. The van der Waals surface area contributed by atoms with E-state index in [1.54, 1.807) is 27.7 Å². The highest BCUT2D eigenvalue weighted by Crippen LogP contribution is 2.36. The predicted octanol–water partition coefficient (Wildman–Crippen LogP) is 5.44. The van der Waals surface area contributed by atoms with Gasteiger partial charge in [0.1, 0.15) is 4.83 Å². The summed E-state index contributed by atoms with van der Waals surface area (Å²) in [5.74, 6) is 1.18. The minimum absolute atomic E-state index is 0.0354. The summed E-state index contributed by atoms with van der Waals surface area (Å²) in [7, 11) is 0. The van der Waals surface area contributed by atoms with Crippen molar-refractivity contribution in [2.75, 3.05) is 23.0 Å². The number of benzene rings is 1. The Hall–Kier alpha value is -2.07. The normalized spacial score (nSPS) is 13.5. The Morgan fingerprint density at radius 1 is 1.19 bits per heavy atom. The molecule has 0 fully saturated rings. The number of aromatic nitrogens is 2. The van der Waals surface area contributed by atoms with Crippen LogP contribution in [0.4, 0.5) is 5.69 Å². The van der Waals surface area contributed by atoms with Gasteiger partial charge in [-0.3, -0.25) is 14.2 Å². The lowest BCUT2D eigenvalue weighted by Gasteiger charge is -2.28. The number of thioether (sulfide) groups is 2. The molecule has 0 saturated heterocycles. The minimum atomic E-state index is -0.0354. The molecule has 0 bridgehead atoms. The molecule has 0 unspecified atom stereocenters. The average molecular weight is 486 g/mol. The molecule has 0 spiro atoms. The number of para-hydroxylation sites is 1. The minimum Gasteiger partial charge on any atom is -0.310 e. The Morgan fingerprint density at radius 3 is 2.87 bits per heavy atom. The zero-order valence-corrected chi connectivity index (χ0v) is 20.0. The SMILES string of the molecule is CCn1c(SCC(=O)N2CCSc3ccccc32)nc2scc(-c3cccs3)c2c1=O. The van der Waals surface area contributed by atoms with E-state index in [-0.39, 0.29) is 17.2 Å². The molecule has 31 heavy (non-hydrogen) atoms. The topological polar surface area (TPSA) is 55.2 Å². The van der Waals surface area contributed by atoms with E-state index in [1.165, 1.54) is 23.1 Å². The number of hydrogen-bond donors (Lipinski definition) is 0. The van der Waals surface area contributed by atoms with Crippen molar-refractivity contribution in [3.05, 3.63) is 57.5 Å². The van der Waals surface area contributed by atoms with E-state index < -0.39 is 0 Å². The third-order valence-corrected chi connectivity index (χ3v) is 8.90. The molecular weight excluding hydrogens is 467 g/mol. The number of anilines is 1. The summed E-state index contributed by atoms with van der Waals surface area (Å²) < 4.78 is 1.68. The maximum absolute atomic E-state index is 13.3. The molecule has 0 aliphatic carbocycles. The maximum atomic E-state index is 13.3. The van der Waals surface area contributed by atoms with E-state index >= 15 is 0 Å². The number of thiophene rings is 2. The highest BCUT2D eigenvalue weighted by molar-refractivity contribution is 8.00. The van der Waals surface area contributed by atoms with Gasteiger partial charge in [-0.25, -0.2) is 4.98 Å². The van der Waals surface area contributed by atoms with Crippen molar-refractivity contribution in [3.8, 4) is 10.4 Å². The van der Waals surface area contributed by atoms with Crippen molar-refractivity contribution in [1.29, 1.82) is 0 Å². The molecule has 0 radical (unpaired) electrons. The zero-order valence-electron chi connectivity index (χ0n) is 16.7. The summed E-state index contributed by atoms with van der Waals surface area (Å²) >= 11 is 6.23. The van der Waals surface area contributed by atoms with Crippen molar-refractivity contribution >= 4 is 68.0 Å². The average Bonchev–Trinajstić information content (AvgIpc) is 3.47. The maximum Gasteiger partial charge on any atom is 0.263 e. The second-order valence-electron chi connectivity index (χ2n) is 6.90. The van der Waals surface area contributed by atoms with Crippen LogP contribution >= 0.6 is 46.2 Å². The number of rotatable bonds is 5. The van der Waals surface area contributed by atoms with Gasteiger partial charge in [0.05, 0.1) is 16.8 Å². The fourth-order valence-electron chi connectivity index (χ4n) is 3.64. The van der Waals surface area contributed by atoms with Gasteiger partial charge in [0.25, 0.3) is 5.56 Å². The van der Waals surface area contributed by atoms with Crippen LogP contribution in [0.2, 0.25) is 0 Å². The Bertz CT molecular complexity index is 1310. The molecule has 5 rings (SSSR count). The summed E-state index contributed by atoms with van der Waals surface area (Å²) in [6.07, 6.45) is 0. The van der Waals surface area contributed by atoms with E-state index in [1.807, 2.05) is 52.9 Å². The Morgan fingerprint density at radius 2 is 2.06 bits per heavy atom. The van der Waals surface area contributed by atoms with Crippen LogP contribution < -0.4 is 10.5 Å². The largest absolute Gasteiger partial charge is 0.310 e. The quantitative estimate of drug-likeness (QED) is 0.278. The van der Waals surface area contributed by atoms with E-state index in [2.05, 4.69) is 6.07 Å². The van der Waals surface area contributed by atoms with Gasteiger partial charge in [-0.2, -0.15) is 0 Å². The molecule has 9 heteroatoms. The van der Waals surface area contributed by atoms with Crippen LogP contribution in [0.1, 0.15) is 6.92 Å². The van der Waals surface area contributed by atoms with E-state index in [0.29, 0.717) is 23.6 Å². The van der Waals surface area contributed by atoms with Crippen LogP contribution in [-0.2, 0) is 11.3 Å². The lowest BCUT2D eigenvalue weighted by Crippen LogP contribution is -2.36. The third-order valence-electron chi connectivity index (χ3n) is 5.12. The predicted molar refractivity (Wildman–Crippen MR) is 133 cm³/mol. The van der Waals surface area contributed by atoms with Crippen LogP contribution in [-0.4, -0.2) is 33.5 Å². The smallest absolute Gasteiger partial charge is 0.263 e. The first-order chi connectivity index (χ1) is 15.2. The molecule has 1 amide bonds. The molecule has 1 aliphatic rings. The van der Waals surface area contributed by atoms with Gasteiger partial charge >= 0.3 is 0 Å². The van der Waals surface area contributed by atoms with Gasteiger partial charge in [0.2, 0.25) is 5.91 Å². The van der Waals surface area contributed by atoms with Gasteiger partial charge in [-0.15, -0.1) is 34.4 Å². The van der Waals surface area contributed by atoms with Gasteiger partial charge in [-0.1, -0.05) is 30.0 Å². The molecule has 1 aromatic carbocycles. The molecule has 4 heterocycles. The zero-order chi connectivity index (χ0) is 21.4. The van der Waals surface area contributed by atoms with Crippen LogP contribution in [0.5, 0.6) is 0 Å². The van der Waals surface area contributed by atoms with Crippen LogP contribution in [0.25, 0.3) is 20.7 Å². The van der Waals surface area contributed by atoms with E-state index in [4.69, 9.17) is 4.98 Å².